The van der Waals surface area contributed by atoms with E-state index in [0.717, 1.165) is 12.0 Å². The van der Waals surface area contributed by atoms with Crippen LogP contribution in [-0.4, -0.2) is 24.5 Å². The van der Waals surface area contributed by atoms with E-state index in [9.17, 15) is 4.79 Å². The third-order valence-electron chi connectivity index (χ3n) is 5.31. The summed E-state index contributed by atoms with van der Waals surface area (Å²) in [4.78, 5) is 15.3. The van der Waals surface area contributed by atoms with Gasteiger partial charge in [-0.05, 0) is 46.7 Å². The Morgan fingerprint density at radius 2 is 1.57 bits per heavy atom. The first-order valence-electron chi connectivity index (χ1n) is 10.4. The number of benzene rings is 3. The maximum Gasteiger partial charge on any atom is 0.254 e. The summed E-state index contributed by atoms with van der Waals surface area (Å²) in [7, 11) is 1.62. The molecule has 0 aliphatic heterocycles. The van der Waals surface area contributed by atoms with Gasteiger partial charge in [-0.25, -0.2) is 0 Å². The zero-order valence-electron chi connectivity index (χ0n) is 18.4. The lowest BCUT2D eigenvalue weighted by Gasteiger charge is -2.24. The van der Waals surface area contributed by atoms with Crippen molar-refractivity contribution in [2.45, 2.75) is 39.2 Å². The molecule has 0 unspecified atom stereocenters. The minimum atomic E-state index is 0.0183. The van der Waals surface area contributed by atoms with E-state index in [2.05, 4.69) is 57.2 Å². The Hall–Kier alpha value is -3.07. The average molecular weight is 402 g/mol. The summed E-state index contributed by atoms with van der Waals surface area (Å²) in [6.07, 6.45) is 0.816. The summed E-state index contributed by atoms with van der Waals surface area (Å²) in [5, 5.41) is 0. The molecule has 3 aromatic rings. The van der Waals surface area contributed by atoms with Crippen molar-refractivity contribution in [3.8, 4) is 5.75 Å². The summed E-state index contributed by atoms with van der Waals surface area (Å²) < 4.78 is 5.31. The van der Waals surface area contributed by atoms with Crippen molar-refractivity contribution >= 4 is 5.91 Å². The number of ether oxygens (including phenoxy) is 1. The van der Waals surface area contributed by atoms with Crippen LogP contribution in [0.5, 0.6) is 5.75 Å². The number of rotatable bonds is 7. The standard InChI is InChI=1S/C27H31NO2/c1-27(2,3)24-15-13-22(14-16-24)20-28(18-17-21-9-6-5-7-10-21)26(29)23-11-8-12-25(19-23)30-4/h5-16,19H,17-18,20H2,1-4H3. The molecule has 0 aliphatic carbocycles. The molecule has 0 bridgehead atoms. The van der Waals surface area contributed by atoms with E-state index in [1.165, 1.54) is 11.1 Å². The molecular weight excluding hydrogens is 370 g/mol. The molecule has 156 valence electrons. The first-order valence-corrected chi connectivity index (χ1v) is 10.4. The Kier molecular flexibility index (Phi) is 6.94. The van der Waals surface area contributed by atoms with E-state index < -0.39 is 0 Å². The molecule has 3 nitrogen and oxygen atoms in total. The summed E-state index contributed by atoms with van der Waals surface area (Å²) in [6.45, 7) is 7.86. The lowest BCUT2D eigenvalue weighted by atomic mass is 9.87. The third kappa shape index (κ3) is 5.73. The second-order valence-corrected chi connectivity index (χ2v) is 8.64. The molecule has 0 saturated carbocycles. The number of hydrogen-bond donors (Lipinski definition) is 0. The fraction of sp³-hybridized carbons (Fsp3) is 0.296. The van der Waals surface area contributed by atoms with Crippen LogP contribution in [-0.2, 0) is 18.4 Å². The number of amides is 1. The largest absolute Gasteiger partial charge is 0.497 e. The van der Waals surface area contributed by atoms with Crippen LogP contribution in [0.15, 0.2) is 78.9 Å². The molecule has 0 aliphatic rings. The number of methoxy groups -OCH3 is 1. The summed E-state index contributed by atoms with van der Waals surface area (Å²) in [5.74, 6) is 0.711. The van der Waals surface area contributed by atoms with Gasteiger partial charge in [0, 0.05) is 18.7 Å². The smallest absolute Gasteiger partial charge is 0.254 e. The van der Waals surface area contributed by atoms with Crippen molar-refractivity contribution in [2.24, 2.45) is 0 Å². The monoisotopic (exact) mass is 401 g/mol. The van der Waals surface area contributed by atoms with E-state index >= 15 is 0 Å². The molecule has 0 radical (unpaired) electrons. The van der Waals surface area contributed by atoms with E-state index in [4.69, 9.17) is 4.74 Å². The van der Waals surface area contributed by atoms with Crippen molar-refractivity contribution in [1.82, 2.24) is 4.90 Å². The van der Waals surface area contributed by atoms with Gasteiger partial charge in [0.1, 0.15) is 5.75 Å². The highest BCUT2D eigenvalue weighted by molar-refractivity contribution is 5.94. The van der Waals surface area contributed by atoms with Gasteiger partial charge in [0.2, 0.25) is 0 Å². The molecular formula is C27H31NO2. The molecule has 0 N–H and O–H groups in total. The molecule has 0 fully saturated rings. The molecule has 1 amide bonds. The normalized spacial score (nSPS) is 11.2. The fourth-order valence-corrected chi connectivity index (χ4v) is 3.43. The topological polar surface area (TPSA) is 29.5 Å². The summed E-state index contributed by atoms with van der Waals surface area (Å²) >= 11 is 0. The van der Waals surface area contributed by atoms with Gasteiger partial charge in [-0.15, -0.1) is 0 Å². The second-order valence-electron chi connectivity index (χ2n) is 8.64. The van der Waals surface area contributed by atoms with Crippen LogP contribution in [0.25, 0.3) is 0 Å². The van der Waals surface area contributed by atoms with Gasteiger partial charge in [0.05, 0.1) is 7.11 Å². The van der Waals surface area contributed by atoms with Gasteiger partial charge in [0.25, 0.3) is 5.91 Å². The van der Waals surface area contributed by atoms with Gasteiger partial charge in [0.15, 0.2) is 0 Å². The maximum absolute atomic E-state index is 13.3. The lowest BCUT2D eigenvalue weighted by molar-refractivity contribution is 0.0744. The molecule has 0 saturated heterocycles. The van der Waals surface area contributed by atoms with Crippen LogP contribution in [0, 0.1) is 0 Å². The highest BCUT2D eigenvalue weighted by Gasteiger charge is 2.18. The van der Waals surface area contributed by atoms with Gasteiger partial charge in [-0.1, -0.05) is 81.4 Å². The highest BCUT2D eigenvalue weighted by atomic mass is 16.5. The molecule has 3 rings (SSSR count). The highest BCUT2D eigenvalue weighted by Crippen LogP contribution is 2.23. The van der Waals surface area contributed by atoms with Gasteiger partial charge in [-0.2, -0.15) is 0 Å². The van der Waals surface area contributed by atoms with Crippen LogP contribution in [0.1, 0.15) is 47.8 Å². The Labute approximate surface area is 180 Å². The molecule has 0 heterocycles. The first kappa shape index (κ1) is 21.6. The van der Waals surface area contributed by atoms with E-state index in [-0.39, 0.29) is 11.3 Å². The predicted molar refractivity (Wildman–Crippen MR) is 123 cm³/mol. The third-order valence-corrected chi connectivity index (χ3v) is 5.31. The number of carbonyl (C=O) groups excluding carboxylic acids is 1. The van der Waals surface area contributed by atoms with Crippen molar-refractivity contribution in [2.75, 3.05) is 13.7 Å². The Morgan fingerprint density at radius 1 is 0.867 bits per heavy atom. The minimum Gasteiger partial charge on any atom is -0.497 e. The van der Waals surface area contributed by atoms with Gasteiger partial charge in [-0.3, -0.25) is 4.79 Å². The maximum atomic E-state index is 13.3. The SMILES string of the molecule is COc1cccc(C(=O)N(CCc2ccccc2)Cc2ccc(C(C)(C)C)cc2)c1. The van der Waals surface area contributed by atoms with Crippen LogP contribution in [0.2, 0.25) is 0 Å². The van der Waals surface area contributed by atoms with Crippen molar-refractivity contribution < 1.29 is 9.53 Å². The van der Waals surface area contributed by atoms with Crippen LogP contribution in [0.4, 0.5) is 0 Å². The molecule has 0 aromatic heterocycles. The van der Waals surface area contributed by atoms with Crippen LogP contribution < -0.4 is 4.74 Å². The molecule has 0 spiro atoms. The molecule has 0 atom stereocenters. The van der Waals surface area contributed by atoms with Gasteiger partial charge >= 0.3 is 0 Å². The zero-order chi connectivity index (χ0) is 21.6. The Morgan fingerprint density at radius 3 is 2.20 bits per heavy atom. The Balaban J connectivity index is 1.81. The number of nitrogens with zero attached hydrogens (tertiary/aromatic N) is 1. The summed E-state index contributed by atoms with van der Waals surface area (Å²) in [6, 6.07) is 26.3. The molecule has 3 aromatic carbocycles. The average Bonchev–Trinajstić information content (AvgIpc) is 2.76. The molecule has 3 heteroatoms. The van der Waals surface area contributed by atoms with Crippen LogP contribution in [0.3, 0.4) is 0 Å². The van der Waals surface area contributed by atoms with Gasteiger partial charge < -0.3 is 9.64 Å². The van der Waals surface area contributed by atoms with E-state index in [1.807, 2.05) is 41.3 Å². The number of hydrogen-bond acceptors (Lipinski definition) is 2. The van der Waals surface area contributed by atoms with Crippen LogP contribution >= 0.6 is 0 Å². The zero-order valence-corrected chi connectivity index (χ0v) is 18.4. The first-order chi connectivity index (χ1) is 14.4. The number of carbonyl (C=O) groups is 1. The second kappa shape index (κ2) is 9.62. The van der Waals surface area contributed by atoms with Crippen molar-refractivity contribution in [3.63, 3.8) is 0 Å². The summed E-state index contributed by atoms with van der Waals surface area (Å²) in [5.41, 5.74) is 4.41. The Bertz CT molecular complexity index is 956. The fourth-order valence-electron chi connectivity index (χ4n) is 3.43. The lowest BCUT2D eigenvalue weighted by Crippen LogP contribution is -2.32. The van der Waals surface area contributed by atoms with Crippen molar-refractivity contribution in [1.29, 1.82) is 0 Å². The van der Waals surface area contributed by atoms with E-state index in [1.54, 1.807) is 13.2 Å². The van der Waals surface area contributed by atoms with E-state index in [0.29, 0.717) is 24.4 Å². The van der Waals surface area contributed by atoms with Crippen molar-refractivity contribution in [3.05, 3.63) is 101 Å². The predicted octanol–water partition coefficient (Wildman–Crippen LogP) is 5.88. The molecule has 30 heavy (non-hydrogen) atoms. The minimum absolute atomic E-state index is 0.0183. The quantitative estimate of drug-likeness (QED) is 0.495.